The first-order valence-corrected chi connectivity index (χ1v) is 8.37. The lowest BCUT2D eigenvalue weighted by atomic mass is 9.96. The van der Waals surface area contributed by atoms with Crippen LogP contribution in [0.25, 0.3) is 0 Å². The van der Waals surface area contributed by atoms with Crippen LogP contribution < -0.4 is 10.1 Å². The number of nitrogens with one attached hydrogen (secondary N) is 1. The summed E-state index contributed by atoms with van der Waals surface area (Å²) in [5.74, 6) is 1.73. The fourth-order valence-electron chi connectivity index (χ4n) is 3.42. The minimum Gasteiger partial charge on any atom is -0.487 e. The van der Waals surface area contributed by atoms with Gasteiger partial charge < -0.3 is 10.1 Å². The fraction of sp³-hybridized carbons (Fsp3) is 0.611. The summed E-state index contributed by atoms with van der Waals surface area (Å²) >= 11 is 0. The van der Waals surface area contributed by atoms with Gasteiger partial charge in [0, 0.05) is 12.1 Å². The van der Waals surface area contributed by atoms with Gasteiger partial charge in [-0.2, -0.15) is 0 Å². The molecule has 2 heterocycles. The predicted octanol–water partition coefficient (Wildman–Crippen LogP) is 3.18. The number of carbonyl (C=O) groups is 1. The van der Waals surface area contributed by atoms with Crippen molar-refractivity contribution in [3.05, 3.63) is 23.8 Å². The molecule has 1 aromatic carbocycles. The molecular weight excluding hydrogens is 276 g/mol. The molecule has 4 nitrogen and oxygen atoms in total. The Morgan fingerprint density at radius 1 is 1.41 bits per heavy atom. The molecule has 0 amide bonds. The Bertz CT molecular complexity index is 558. The van der Waals surface area contributed by atoms with Gasteiger partial charge in [-0.3, -0.25) is 9.69 Å². The lowest BCUT2D eigenvalue weighted by molar-refractivity contribution is 0.0765. The van der Waals surface area contributed by atoms with Crippen LogP contribution in [0.15, 0.2) is 18.2 Å². The molecule has 2 aliphatic heterocycles. The summed E-state index contributed by atoms with van der Waals surface area (Å²) in [5.41, 5.74) is 1.71. The largest absolute Gasteiger partial charge is 0.487 e. The van der Waals surface area contributed by atoms with Crippen molar-refractivity contribution in [3.63, 3.8) is 0 Å². The van der Waals surface area contributed by atoms with E-state index in [-0.39, 0.29) is 17.9 Å². The first-order chi connectivity index (χ1) is 10.5. The van der Waals surface area contributed by atoms with E-state index in [1.165, 1.54) is 12.8 Å². The number of ether oxygens (including phenoxy) is 1. The third kappa shape index (κ3) is 3.12. The van der Waals surface area contributed by atoms with Crippen LogP contribution in [0.2, 0.25) is 0 Å². The van der Waals surface area contributed by atoms with E-state index >= 15 is 0 Å². The molecule has 3 unspecified atom stereocenters. The van der Waals surface area contributed by atoms with Crippen molar-refractivity contribution in [3.8, 4) is 5.75 Å². The number of benzene rings is 1. The van der Waals surface area contributed by atoms with E-state index in [0.717, 1.165) is 36.6 Å². The number of Topliss-reactive ketones (excluding diaryl/α,β-unsaturated/α-hetero) is 1. The van der Waals surface area contributed by atoms with Gasteiger partial charge in [0.15, 0.2) is 5.78 Å². The molecule has 120 valence electrons. The molecule has 3 atom stereocenters. The van der Waals surface area contributed by atoms with Crippen LogP contribution in [0.5, 0.6) is 5.75 Å². The SMILES string of the molecule is CC1CCCN(C(C)C(=O)c2ccc3c(c2)NCC(C)O3)C1. The lowest BCUT2D eigenvalue weighted by Gasteiger charge is -2.35. The van der Waals surface area contributed by atoms with Gasteiger partial charge in [0.25, 0.3) is 0 Å². The van der Waals surface area contributed by atoms with Gasteiger partial charge in [0.05, 0.1) is 18.3 Å². The van der Waals surface area contributed by atoms with Crippen LogP contribution in [0, 0.1) is 5.92 Å². The van der Waals surface area contributed by atoms with Gasteiger partial charge in [-0.1, -0.05) is 6.92 Å². The molecular formula is C18H26N2O2. The molecule has 0 aromatic heterocycles. The van der Waals surface area contributed by atoms with Crippen LogP contribution in [0.3, 0.4) is 0 Å². The monoisotopic (exact) mass is 302 g/mol. The van der Waals surface area contributed by atoms with Gasteiger partial charge in [0.2, 0.25) is 0 Å². The Morgan fingerprint density at radius 2 is 2.23 bits per heavy atom. The number of anilines is 1. The average Bonchev–Trinajstić information content (AvgIpc) is 2.53. The van der Waals surface area contributed by atoms with Crippen LogP contribution in [-0.2, 0) is 0 Å². The van der Waals surface area contributed by atoms with Crippen molar-refractivity contribution >= 4 is 11.5 Å². The van der Waals surface area contributed by atoms with E-state index in [2.05, 4.69) is 17.1 Å². The molecule has 22 heavy (non-hydrogen) atoms. The van der Waals surface area contributed by atoms with Gasteiger partial charge in [-0.15, -0.1) is 0 Å². The van der Waals surface area contributed by atoms with Gasteiger partial charge in [-0.05, 0) is 57.4 Å². The summed E-state index contributed by atoms with van der Waals surface area (Å²) in [6, 6.07) is 5.69. The van der Waals surface area contributed by atoms with Crippen LogP contribution in [-0.4, -0.2) is 42.5 Å². The van der Waals surface area contributed by atoms with Crippen molar-refractivity contribution < 1.29 is 9.53 Å². The highest BCUT2D eigenvalue weighted by Crippen LogP contribution is 2.30. The van der Waals surface area contributed by atoms with Crippen molar-refractivity contribution in [2.45, 2.75) is 45.8 Å². The number of hydrogen-bond acceptors (Lipinski definition) is 4. The number of carbonyl (C=O) groups excluding carboxylic acids is 1. The van der Waals surface area contributed by atoms with Crippen LogP contribution in [0.1, 0.15) is 44.0 Å². The standard InChI is InChI=1S/C18H26N2O2/c1-12-5-4-8-20(11-12)14(3)18(21)15-6-7-17-16(9-15)19-10-13(2)22-17/h6-7,9,12-14,19H,4-5,8,10-11H2,1-3H3. The number of hydrogen-bond donors (Lipinski definition) is 1. The average molecular weight is 302 g/mol. The molecule has 3 rings (SSSR count). The maximum atomic E-state index is 12.8. The molecule has 0 saturated carbocycles. The van der Waals surface area contributed by atoms with E-state index < -0.39 is 0 Å². The number of nitrogens with zero attached hydrogens (tertiary/aromatic N) is 1. The lowest BCUT2D eigenvalue weighted by Crippen LogP contribution is -2.44. The molecule has 1 aromatic rings. The van der Waals surface area contributed by atoms with E-state index in [9.17, 15) is 4.79 Å². The summed E-state index contributed by atoms with van der Waals surface area (Å²) in [7, 11) is 0. The second-order valence-electron chi connectivity index (χ2n) is 6.80. The maximum absolute atomic E-state index is 12.8. The highest BCUT2D eigenvalue weighted by molar-refractivity contribution is 6.01. The third-order valence-corrected chi connectivity index (χ3v) is 4.79. The van der Waals surface area contributed by atoms with Gasteiger partial charge in [0.1, 0.15) is 11.9 Å². The van der Waals surface area contributed by atoms with Crippen LogP contribution >= 0.6 is 0 Å². The zero-order chi connectivity index (χ0) is 15.7. The number of fused-ring (bicyclic) bond motifs is 1. The molecule has 1 fully saturated rings. The van der Waals surface area contributed by atoms with Crippen molar-refractivity contribution in [1.29, 1.82) is 0 Å². The Hall–Kier alpha value is -1.55. The highest BCUT2D eigenvalue weighted by Gasteiger charge is 2.27. The van der Waals surface area contributed by atoms with Gasteiger partial charge >= 0.3 is 0 Å². The second-order valence-corrected chi connectivity index (χ2v) is 6.80. The Balaban J connectivity index is 1.74. The van der Waals surface area contributed by atoms with Crippen LogP contribution in [0.4, 0.5) is 5.69 Å². The quantitative estimate of drug-likeness (QED) is 0.871. The normalized spacial score (nSPS) is 26.5. The molecule has 4 heteroatoms. The number of piperidine rings is 1. The molecule has 0 spiro atoms. The second kappa shape index (κ2) is 6.29. The molecule has 1 saturated heterocycles. The van der Waals surface area contributed by atoms with E-state index in [4.69, 9.17) is 4.74 Å². The summed E-state index contributed by atoms with van der Waals surface area (Å²) in [6.45, 7) is 9.17. The summed E-state index contributed by atoms with van der Waals surface area (Å²) in [6.07, 6.45) is 2.63. The van der Waals surface area contributed by atoms with E-state index in [1.807, 2.05) is 32.0 Å². The molecule has 2 aliphatic rings. The van der Waals surface area contributed by atoms with E-state index in [0.29, 0.717) is 5.92 Å². The molecule has 0 bridgehead atoms. The number of likely N-dealkylation sites (tertiary alicyclic amines) is 1. The number of ketones is 1. The fourth-order valence-corrected chi connectivity index (χ4v) is 3.42. The smallest absolute Gasteiger partial charge is 0.179 e. The third-order valence-electron chi connectivity index (χ3n) is 4.79. The topological polar surface area (TPSA) is 41.6 Å². The summed E-state index contributed by atoms with van der Waals surface area (Å²) in [5, 5.41) is 3.34. The molecule has 0 radical (unpaired) electrons. The Labute approximate surface area is 132 Å². The summed E-state index contributed by atoms with van der Waals surface area (Å²) in [4.78, 5) is 15.1. The van der Waals surface area contributed by atoms with E-state index in [1.54, 1.807) is 0 Å². The van der Waals surface area contributed by atoms with Crippen molar-refractivity contribution in [2.75, 3.05) is 25.0 Å². The van der Waals surface area contributed by atoms with Crippen molar-refractivity contribution in [1.82, 2.24) is 4.90 Å². The maximum Gasteiger partial charge on any atom is 0.179 e. The molecule has 1 N–H and O–H groups in total. The first-order valence-electron chi connectivity index (χ1n) is 8.37. The minimum absolute atomic E-state index is 0.0516. The summed E-state index contributed by atoms with van der Waals surface area (Å²) < 4.78 is 5.77. The minimum atomic E-state index is -0.0516. The zero-order valence-electron chi connectivity index (χ0n) is 13.8. The zero-order valence-corrected chi connectivity index (χ0v) is 13.8. The van der Waals surface area contributed by atoms with Gasteiger partial charge in [-0.25, -0.2) is 0 Å². The number of rotatable bonds is 3. The Kier molecular flexibility index (Phi) is 4.39. The Morgan fingerprint density at radius 3 is 3.00 bits per heavy atom. The van der Waals surface area contributed by atoms with Crippen molar-refractivity contribution in [2.24, 2.45) is 5.92 Å². The molecule has 0 aliphatic carbocycles. The first kappa shape index (κ1) is 15.3. The predicted molar refractivity (Wildman–Crippen MR) is 88.8 cm³/mol. The highest BCUT2D eigenvalue weighted by atomic mass is 16.5.